The molecule has 160 valence electrons. The van der Waals surface area contributed by atoms with Crippen molar-refractivity contribution < 1.29 is 14.3 Å². The number of nitrogens with one attached hydrogen (secondary N) is 1. The van der Waals surface area contributed by atoms with Gasteiger partial charge in [-0.25, -0.2) is 0 Å². The minimum atomic E-state index is -0.454. The molecule has 0 bridgehead atoms. The first-order valence-corrected chi connectivity index (χ1v) is 10.3. The molecular weight excluding hydrogens is 412 g/mol. The Morgan fingerprint density at radius 3 is 2.29 bits per heavy atom. The Hall–Kier alpha value is -3.31. The van der Waals surface area contributed by atoms with Gasteiger partial charge in [-0.05, 0) is 35.9 Å². The van der Waals surface area contributed by atoms with Gasteiger partial charge in [-0.15, -0.1) is 0 Å². The maximum absolute atomic E-state index is 13.0. The van der Waals surface area contributed by atoms with E-state index in [-0.39, 0.29) is 18.2 Å². The Kier molecular flexibility index (Phi) is 7.68. The van der Waals surface area contributed by atoms with E-state index in [0.29, 0.717) is 22.9 Å². The molecule has 0 heterocycles. The number of nitrogens with zero attached hydrogens (tertiary/aromatic N) is 1. The highest BCUT2D eigenvalue weighted by Crippen LogP contribution is 2.25. The van der Waals surface area contributed by atoms with E-state index in [9.17, 15) is 9.59 Å². The largest absolute Gasteiger partial charge is 0.496 e. The maximum atomic E-state index is 13.0. The molecule has 1 N–H and O–H groups in total. The van der Waals surface area contributed by atoms with E-state index < -0.39 is 6.04 Å². The van der Waals surface area contributed by atoms with Gasteiger partial charge in [0.2, 0.25) is 5.91 Å². The molecule has 3 rings (SSSR count). The van der Waals surface area contributed by atoms with Gasteiger partial charge in [0.05, 0.1) is 19.6 Å². The summed E-state index contributed by atoms with van der Waals surface area (Å²) in [5.41, 5.74) is 2.23. The van der Waals surface area contributed by atoms with Crippen LogP contribution in [0.1, 0.15) is 33.9 Å². The maximum Gasteiger partial charge on any atom is 0.251 e. The summed E-state index contributed by atoms with van der Waals surface area (Å²) in [5, 5.41) is 3.58. The van der Waals surface area contributed by atoms with Crippen molar-refractivity contribution in [3.05, 3.63) is 101 Å². The predicted octanol–water partition coefficient (Wildman–Crippen LogP) is 4.87. The van der Waals surface area contributed by atoms with E-state index in [2.05, 4.69) is 5.32 Å². The van der Waals surface area contributed by atoms with Crippen LogP contribution in [-0.2, 0) is 11.3 Å². The second kappa shape index (κ2) is 10.6. The highest BCUT2D eigenvalue weighted by Gasteiger charge is 2.22. The minimum absolute atomic E-state index is 0.107. The Bertz CT molecular complexity index is 1030. The summed E-state index contributed by atoms with van der Waals surface area (Å²) < 4.78 is 5.38. The summed E-state index contributed by atoms with van der Waals surface area (Å²) in [4.78, 5) is 27.4. The number of benzene rings is 3. The number of methoxy groups -OCH3 is 1. The molecule has 3 aromatic rings. The van der Waals surface area contributed by atoms with E-state index >= 15 is 0 Å². The molecule has 3 aromatic carbocycles. The molecular formula is C25H25ClN2O3. The van der Waals surface area contributed by atoms with Crippen molar-refractivity contribution in [2.75, 3.05) is 14.2 Å². The molecule has 0 fully saturated rings. The zero-order valence-electron chi connectivity index (χ0n) is 17.5. The summed E-state index contributed by atoms with van der Waals surface area (Å²) in [7, 11) is 3.31. The van der Waals surface area contributed by atoms with Gasteiger partial charge in [-0.3, -0.25) is 9.59 Å². The lowest BCUT2D eigenvalue weighted by atomic mass is 10.0. The van der Waals surface area contributed by atoms with Crippen molar-refractivity contribution in [3.8, 4) is 5.75 Å². The van der Waals surface area contributed by atoms with E-state index in [1.807, 2.05) is 48.5 Å². The van der Waals surface area contributed by atoms with Gasteiger partial charge in [0.15, 0.2) is 0 Å². The Morgan fingerprint density at radius 1 is 1.00 bits per heavy atom. The number of rotatable bonds is 8. The number of ether oxygens (including phenoxy) is 1. The first-order chi connectivity index (χ1) is 15.0. The Balaban J connectivity index is 1.75. The third kappa shape index (κ3) is 6.09. The average Bonchev–Trinajstić information content (AvgIpc) is 2.79. The smallest absolute Gasteiger partial charge is 0.251 e. The molecule has 2 amide bonds. The number of hydrogen-bond acceptors (Lipinski definition) is 3. The van der Waals surface area contributed by atoms with Crippen molar-refractivity contribution in [1.82, 2.24) is 10.2 Å². The standard InChI is InChI=1S/C25H25ClN2O3/c1-28(17-20-15-21(26)13-14-23(20)31-2)24(29)16-22(18-9-5-3-6-10-18)27-25(30)19-11-7-4-8-12-19/h3-15,22H,16-17H2,1-2H3,(H,27,30). The van der Waals surface area contributed by atoms with Gasteiger partial charge in [0, 0.05) is 29.7 Å². The third-order valence-corrected chi connectivity index (χ3v) is 5.23. The third-order valence-electron chi connectivity index (χ3n) is 5.00. The van der Waals surface area contributed by atoms with Gasteiger partial charge >= 0.3 is 0 Å². The molecule has 1 unspecified atom stereocenters. The molecule has 0 aromatic heterocycles. The SMILES string of the molecule is COc1ccc(Cl)cc1CN(C)C(=O)CC(NC(=O)c1ccccc1)c1ccccc1. The molecule has 0 radical (unpaired) electrons. The monoisotopic (exact) mass is 436 g/mol. The molecule has 0 aliphatic carbocycles. The topological polar surface area (TPSA) is 58.6 Å². The van der Waals surface area contributed by atoms with Crippen molar-refractivity contribution in [3.63, 3.8) is 0 Å². The molecule has 1 atom stereocenters. The lowest BCUT2D eigenvalue weighted by Crippen LogP contribution is -2.34. The number of carbonyl (C=O) groups is 2. The van der Waals surface area contributed by atoms with Crippen LogP contribution in [0.3, 0.4) is 0 Å². The van der Waals surface area contributed by atoms with Crippen LogP contribution in [-0.4, -0.2) is 30.9 Å². The molecule has 6 heteroatoms. The summed E-state index contributed by atoms with van der Waals surface area (Å²) in [6.07, 6.45) is 0.127. The fourth-order valence-corrected chi connectivity index (χ4v) is 3.51. The lowest BCUT2D eigenvalue weighted by molar-refractivity contribution is -0.130. The van der Waals surface area contributed by atoms with Crippen LogP contribution in [0.4, 0.5) is 0 Å². The van der Waals surface area contributed by atoms with Crippen LogP contribution >= 0.6 is 11.6 Å². The van der Waals surface area contributed by atoms with E-state index in [1.165, 1.54) is 0 Å². The second-order valence-electron chi connectivity index (χ2n) is 7.21. The molecule has 5 nitrogen and oxygen atoms in total. The van der Waals surface area contributed by atoms with Crippen LogP contribution in [0.5, 0.6) is 5.75 Å². The van der Waals surface area contributed by atoms with Gasteiger partial charge in [-0.1, -0.05) is 60.1 Å². The Labute approximate surface area is 187 Å². The van der Waals surface area contributed by atoms with Crippen LogP contribution in [0.15, 0.2) is 78.9 Å². The van der Waals surface area contributed by atoms with Crippen molar-refractivity contribution in [2.24, 2.45) is 0 Å². The van der Waals surface area contributed by atoms with Gasteiger partial charge < -0.3 is 15.0 Å². The van der Waals surface area contributed by atoms with Gasteiger partial charge in [0.1, 0.15) is 5.75 Å². The van der Waals surface area contributed by atoms with E-state index in [4.69, 9.17) is 16.3 Å². The average molecular weight is 437 g/mol. The number of amides is 2. The van der Waals surface area contributed by atoms with Gasteiger partial charge in [0.25, 0.3) is 5.91 Å². The molecule has 0 aliphatic heterocycles. The van der Waals surface area contributed by atoms with Crippen LogP contribution in [0, 0.1) is 0 Å². The fourth-order valence-electron chi connectivity index (χ4n) is 3.31. The molecule has 0 spiro atoms. The summed E-state index contributed by atoms with van der Waals surface area (Å²) in [6, 6.07) is 23.3. The first kappa shape index (κ1) is 22.4. The quantitative estimate of drug-likeness (QED) is 0.548. The van der Waals surface area contributed by atoms with Crippen LogP contribution < -0.4 is 10.1 Å². The number of carbonyl (C=O) groups excluding carboxylic acids is 2. The zero-order valence-corrected chi connectivity index (χ0v) is 18.3. The first-order valence-electron chi connectivity index (χ1n) is 9.95. The van der Waals surface area contributed by atoms with E-state index in [1.54, 1.807) is 49.4 Å². The molecule has 0 aliphatic rings. The van der Waals surface area contributed by atoms with Crippen molar-refractivity contribution >= 4 is 23.4 Å². The normalized spacial score (nSPS) is 11.5. The Morgan fingerprint density at radius 2 is 1.65 bits per heavy atom. The van der Waals surface area contributed by atoms with E-state index in [0.717, 1.165) is 11.1 Å². The van der Waals surface area contributed by atoms with Gasteiger partial charge in [-0.2, -0.15) is 0 Å². The fraction of sp³-hybridized carbons (Fsp3) is 0.200. The summed E-state index contributed by atoms with van der Waals surface area (Å²) in [6.45, 7) is 0.344. The zero-order chi connectivity index (χ0) is 22.2. The van der Waals surface area contributed by atoms with Crippen LogP contribution in [0.2, 0.25) is 5.02 Å². The number of halogens is 1. The predicted molar refractivity (Wildman–Crippen MR) is 122 cm³/mol. The summed E-state index contributed by atoms with van der Waals surface area (Å²) in [5.74, 6) is 0.340. The minimum Gasteiger partial charge on any atom is -0.496 e. The second-order valence-corrected chi connectivity index (χ2v) is 7.65. The van der Waals surface area contributed by atoms with Crippen LogP contribution in [0.25, 0.3) is 0 Å². The lowest BCUT2D eigenvalue weighted by Gasteiger charge is -2.24. The van der Waals surface area contributed by atoms with Crippen molar-refractivity contribution in [1.29, 1.82) is 0 Å². The summed E-state index contributed by atoms with van der Waals surface area (Å²) >= 11 is 6.11. The highest BCUT2D eigenvalue weighted by molar-refractivity contribution is 6.30. The van der Waals surface area contributed by atoms with Crippen molar-refractivity contribution in [2.45, 2.75) is 19.0 Å². The number of hydrogen-bond donors (Lipinski definition) is 1. The molecule has 0 saturated heterocycles. The highest BCUT2D eigenvalue weighted by atomic mass is 35.5. The molecule has 0 saturated carbocycles. The molecule has 31 heavy (non-hydrogen) atoms.